The number of benzene rings is 1. The Hall–Kier alpha value is -4.07. The second kappa shape index (κ2) is 13.1. The zero-order chi connectivity index (χ0) is 27.8. The zero-order valence-electron chi connectivity index (χ0n) is 23.2. The third kappa shape index (κ3) is 7.72. The van der Waals surface area contributed by atoms with Crippen molar-refractivity contribution in [2.75, 3.05) is 23.9 Å². The van der Waals surface area contributed by atoms with Gasteiger partial charge in [0.1, 0.15) is 11.6 Å². The molecule has 204 valence electrons. The van der Waals surface area contributed by atoms with E-state index in [9.17, 15) is 9.59 Å². The molecule has 0 saturated heterocycles. The maximum Gasteiger partial charge on any atom is 0.331 e. The van der Waals surface area contributed by atoms with E-state index in [-0.39, 0.29) is 17.9 Å². The lowest BCUT2D eigenvalue weighted by Gasteiger charge is -2.29. The van der Waals surface area contributed by atoms with Crippen LogP contribution in [0.25, 0.3) is 17.2 Å². The smallest absolute Gasteiger partial charge is 0.331 e. The summed E-state index contributed by atoms with van der Waals surface area (Å²) in [4.78, 5) is 42.8. The summed E-state index contributed by atoms with van der Waals surface area (Å²) < 4.78 is 5.15. The van der Waals surface area contributed by atoms with E-state index in [1.807, 2.05) is 43.4 Å². The van der Waals surface area contributed by atoms with E-state index < -0.39 is 5.97 Å². The van der Waals surface area contributed by atoms with Crippen molar-refractivity contribution in [3.05, 3.63) is 72.3 Å². The molecule has 0 aliphatic heterocycles. The molecule has 0 bridgehead atoms. The minimum absolute atomic E-state index is 0.0192. The van der Waals surface area contributed by atoms with Gasteiger partial charge in [0.25, 0.3) is 0 Å². The molecule has 4 rings (SSSR count). The predicted octanol–water partition coefficient (Wildman–Crippen LogP) is 5.68. The summed E-state index contributed by atoms with van der Waals surface area (Å²) in [6.45, 7) is 3.98. The van der Waals surface area contributed by atoms with Gasteiger partial charge in [0.05, 0.1) is 12.6 Å². The molecule has 0 radical (unpaired) electrons. The Labute approximate surface area is 230 Å². The Morgan fingerprint density at radius 2 is 1.67 bits per heavy atom. The number of pyridine rings is 1. The molecule has 1 aromatic carbocycles. The van der Waals surface area contributed by atoms with E-state index in [0.29, 0.717) is 18.2 Å². The first kappa shape index (κ1) is 28.0. The first-order valence-electron chi connectivity index (χ1n) is 13.6. The largest absolute Gasteiger partial charge is 0.460 e. The summed E-state index contributed by atoms with van der Waals surface area (Å²) in [5, 5.41) is 0. The normalized spacial score (nSPS) is 14.0. The minimum atomic E-state index is -0.458. The van der Waals surface area contributed by atoms with Gasteiger partial charge in [-0.1, -0.05) is 43.5 Å². The first-order valence-corrected chi connectivity index (χ1v) is 13.6. The molecule has 0 unspecified atom stereocenters. The summed E-state index contributed by atoms with van der Waals surface area (Å²) in [6, 6.07) is 14.0. The number of esters is 1. The number of ether oxygens (including phenoxy) is 1. The van der Waals surface area contributed by atoms with E-state index in [1.54, 1.807) is 31.0 Å². The number of nitrogens with zero attached hydrogens (tertiary/aromatic N) is 5. The third-order valence-corrected chi connectivity index (χ3v) is 6.71. The highest BCUT2D eigenvalue weighted by Crippen LogP contribution is 2.29. The number of anilines is 2. The molecule has 8 nitrogen and oxygen atoms in total. The number of carbonyl (C=O) groups excluding carboxylic acids is 2. The van der Waals surface area contributed by atoms with Gasteiger partial charge in [-0.3, -0.25) is 9.69 Å². The average Bonchev–Trinajstić information content (AvgIpc) is 2.95. The fourth-order valence-corrected chi connectivity index (χ4v) is 4.66. The summed E-state index contributed by atoms with van der Waals surface area (Å²) in [7, 11) is 3.93. The van der Waals surface area contributed by atoms with Gasteiger partial charge in [-0.05, 0) is 62.1 Å². The lowest BCUT2D eigenvalue weighted by Crippen LogP contribution is -2.37. The molecule has 0 N–H and O–H groups in total. The Morgan fingerprint density at radius 3 is 2.31 bits per heavy atom. The Kier molecular flexibility index (Phi) is 9.41. The van der Waals surface area contributed by atoms with Crippen LogP contribution in [0.1, 0.15) is 57.3 Å². The molecular formula is C31H37N5O3. The van der Waals surface area contributed by atoms with Crippen molar-refractivity contribution < 1.29 is 14.3 Å². The molecule has 1 aliphatic carbocycles. The molecule has 0 atom stereocenters. The van der Waals surface area contributed by atoms with Crippen LogP contribution in [0, 0.1) is 5.92 Å². The molecule has 2 heterocycles. The maximum atomic E-state index is 13.7. The van der Waals surface area contributed by atoms with Crippen LogP contribution in [0.15, 0.2) is 60.9 Å². The number of hydrogen-bond acceptors (Lipinski definition) is 7. The van der Waals surface area contributed by atoms with Crippen molar-refractivity contribution in [2.45, 2.75) is 58.6 Å². The number of rotatable bonds is 9. The minimum Gasteiger partial charge on any atom is -0.460 e. The molecule has 1 aliphatic rings. The molecule has 8 heteroatoms. The second-order valence-corrected chi connectivity index (χ2v) is 10.3. The topological polar surface area (TPSA) is 88.5 Å². The van der Waals surface area contributed by atoms with Crippen LogP contribution in [0.2, 0.25) is 0 Å². The zero-order valence-corrected chi connectivity index (χ0v) is 23.2. The Balaban J connectivity index is 1.56. The van der Waals surface area contributed by atoms with Crippen LogP contribution in [0.4, 0.5) is 11.6 Å². The van der Waals surface area contributed by atoms with Crippen molar-refractivity contribution in [1.29, 1.82) is 0 Å². The van der Waals surface area contributed by atoms with Crippen LogP contribution in [-0.4, -0.2) is 47.0 Å². The number of amides is 1. The summed E-state index contributed by atoms with van der Waals surface area (Å²) >= 11 is 0. The van der Waals surface area contributed by atoms with E-state index in [4.69, 9.17) is 4.74 Å². The van der Waals surface area contributed by atoms with E-state index in [2.05, 4.69) is 33.2 Å². The van der Waals surface area contributed by atoms with Crippen LogP contribution in [-0.2, 0) is 20.9 Å². The first-order chi connectivity index (χ1) is 18.8. The third-order valence-electron chi connectivity index (χ3n) is 6.71. The van der Waals surface area contributed by atoms with E-state index in [1.165, 1.54) is 18.6 Å². The predicted molar refractivity (Wildman–Crippen MR) is 154 cm³/mol. The SMILES string of the molecule is CC(C)OC(=O)/C=C/c1nccc(N(Cc2ccc(-c3ccc(N(C)C)nc3)cc2)C(=O)C2CCCCC2)n1. The lowest BCUT2D eigenvalue weighted by molar-refractivity contribution is -0.141. The van der Waals surface area contributed by atoms with Gasteiger partial charge in [0, 0.05) is 44.0 Å². The fourth-order valence-electron chi connectivity index (χ4n) is 4.66. The van der Waals surface area contributed by atoms with Crippen molar-refractivity contribution in [2.24, 2.45) is 5.92 Å². The molecular weight excluding hydrogens is 490 g/mol. The Morgan fingerprint density at radius 1 is 0.949 bits per heavy atom. The molecule has 3 aromatic rings. The highest BCUT2D eigenvalue weighted by molar-refractivity contribution is 5.94. The summed E-state index contributed by atoms with van der Waals surface area (Å²) in [5.41, 5.74) is 3.09. The van der Waals surface area contributed by atoms with Crippen LogP contribution in [0.3, 0.4) is 0 Å². The molecule has 39 heavy (non-hydrogen) atoms. The number of hydrogen-bond donors (Lipinski definition) is 0. The van der Waals surface area contributed by atoms with Crippen LogP contribution >= 0.6 is 0 Å². The summed E-state index contributed by atoms with van der Waals surface area (Å²) in [6.07, 6.45) is 11.2. The van der Waals surface area contributed by atoms with Gasteiger partial charge >= 0.3 is 5.97 Å². The van der Waals surface area contributed by atoms with Crippen molar-refractivity contribution in [3.8, 4) is 11.1 Å². The maximum absolute atomic E-state index is 13.7. The van der Waals surface area contributed by atoms with Gasteiger partial charge in [-0.15, -0.1) is 0 Å². The van der Waals surface area contributed by atoms with Crippen LogP contribution < -0.4 is 9.80 Å². The van der Waals surface area contributed by atoms with Gasteiger partial charge < -0.3 is 9.64 Å². The van der Waals surface area contributed by atoms with Gasteiger partial charge in [-0.2, -0.15) is 0 Å². The fraction of sp³-hybridized carbons (Fsp3) is 0.387. The van der Waals surface area contributed by atoms with Crippen LogP contribution in [0.5, 0.6) is 0 Å². The van der Waals surface area contributed by atoms with Gasteiger partial charge in [0.2, 0.25) is 5.91 Å². The number of carbonyl (C=O) groups is 2. The second-order valence-electron chi connectivity index (χ2n) is 10.3. The molecule has 1 saturated carbocycles. The highest BCUT2D eigenvalue weighted by atomic mass is 16.5. The molecule has 0 spiro atoms. The van der Waals surface area contributed by atoms with Gasteiger partial charge in [0.15, 0.2) is 5.82 Å². The molecule has 2 aromatic heterocycles. The van der Waals surface area contributed by atoms with Gasteiger partial charge in [-0.25, -0.2) is 19.7 Å². The van der Waals surface area contributed by atoms with Crippen molar-refractivity contribution in [1.82, 2.24) is 15.0 Å². The Bertz CT molecular complexity index is 1280. The number of aromatic nitrogens is 3. The standard InChI is InChI=1S/C31H37N5O3/c1-22(2)39-30(37)17-15-27-32-19-18-29(34-27)36(31(38)25-8-6-5-7-9-25)21-23-10-12-24(13-11-23)26-14-16-28(33-20-26)35(3)4/h10-20,22,25H,5-9,21H2,1-4H3/b17-15+. The molecule has 1 fully saturated rings. The average molecular weight is 528 g/mol. The van der Waals surface area contributed by atoms with Crippen molar-refractivity contribution >= 4 is 29.6 Å². The monoisotopic (exact) mass is 527 g/mol. The quantitative estimate of drug-likeness (QED) is 0.261. The highest BCUT2D eigenvalue weighted by Gasteiger charge is 2.28. The molecule has 1 amide bonds. The lowest BCUT2D eigenvalue weighted by atomic mass is 9.88. The summed E-state index contributed by atoms with van der Waals surface area (Å²) in [5.74, 6) is 1.37. The van der Waals surface area contributed by atoms with E-state index in [0.717, 1.165) is 48.2 Å². The van der Waals surface area contributed by atoms with E-state index >= 15 is 0 Å². The van der Waals surface area contributed by atoms with Crippen molar-refractivity contribution in [3.63, 3.8) is 0 Å².